The number of halogens is 1. The van der Waals surface area contributed by atoms with Gasteiger partial charge in [0, 0.05) is 22.0 Å². The van der Waals surface area contributed by atoms with Gasteiger partial charge in [-0.05, 0) is 65.7 Å². The molecule has 0 saturated carbocycles. The van der Waals surface area contributed by atoms with Gasteiger partial charge in [-0.3, -0.25) is 0 Å². The van der Waals surface area contributed by atoms with Crippen molar-refractivity contribution in [3.8, 4) is 28.3 Å². The Kier molecular flexibility index (Phi) is 4.51. The summed E-state index contributed by atoms with van der Waals surface area (Å²) >= 11 is 6.27. The van der Waals surface area contributed by atoms with Crippen LogP contribution in [0.4, 0.5) is 0 Å². The monoisotopic (exact) mass is 470 g/mol. The fourth-order valence-electron chi connectivity index (χ4n) is 4.85. The maximum absolute atomic E-state index is 6.27. The number of hydrogen-bond donors (Lipinski definition) is 0. The second kappa shape index (κ2) is 7.86. The van der Waals surface area contributed by atoms with Gasteiger partial charge in [0.2, 0.25) is 5.89 Å². The zero-order valence-electron chi connectivity index (χ0n) is 18.7. The van der Waals surface area contributed by atoms with Gasteiger partial charge in [-0.1, -0.05) is 72.3 Å². The Morgan fingerprint density at radius 1 is 0.600 bits per heavy atom. The maximum atomic E-state index is 6.27. The van der Waals surface area contributed by atoms with Gasteiger partial charge in [0.15, 0.2) is 5.58 Å². The number of aromatic nitrogens is 2. The van der Waals surface area contributed by atoms with Crippen LogP contribution >= 0.6 is 11.6 Å². The third kappa shape index (κ3) is 3.24. The molecule has 3 nitrogen and oxygen atoms in total. The number of para-hydroxylation sites is 3. The highest BCUT2D eigenvalue weighted by molar-refractivity contribution is 6.34. The van der Waals surface area contributed by atoms with E-state index in [0.29, 0.717) is 22.0 Å². The van der Waals surface area contributed by atoms with Crippen LogP contribution in [0.15, 0.2) is 120 Å². The number of hydrogen-bond acceptors (Lipinski definition) is 2. The van der Waals surface area contributed by atoms with E-state index in [1.54, 1.807) is 0 Å². The topological polar surface area (TPSA) is 31.0 Å². The minimum Gasteiger partial charge on any atom is -0.436 e. The SMILES string of the molecule is Clc1cccc2oc(-c3ccc(-c4ccc5c(c4)c4ccccc4n5-c4ccccc4)cc3)nc12. The van der Waals surface area contributed by atoms with E-state index < -0.39 is 0 Å². The van der Waals surface area contributed by atoms with Crippen LogP contribution < -0.4 is 0 Å². The molecular weight excluding hydrogens is 452 g/mol. The first-order valence-electron chi connectivity index (χ1n) is 11.5. The zero-order chi connectivity index (χ0) is 23.4. The standard InChI is InChI=1S/C31H19ClN2O/c32-26-10-6-12-29-30(26)33-31(35-29)21-15-13-20(14-16-21)22-17-18-28-25(19-22)24-9-4-5-11-27(24)34(28)23-7-2-1-3-8-23/h1-19H. The summed E-state index contributed by atoms with van der Waals surface area (Å²) in [7, 11) is 0. The van der Waals surface area contributed by atoms with E-state index in [1.165, 1.54) is 27.4 Å². The predicted octanol–water partition coefficient (Wildman–Crippen LogP) is 8.91. The molecule has 0 aliphatic heterocycles. The molecule has 7 aromatic rings. The van der Waals surface area contributed by atoms with Crippen LogP contribution in [-0.2, 0) is 0 Å². The molecule has 0 atom stereocenters. The van der Waals surface area contributed by atoms with E-state index in [1.807, 2.05) is 30.3 Å². The summed E-state index contributed by atoms with van der Waals surface area (Å²) in [6, 6.07) is 39.7. The lowest BCUT2D eigenvalue weighted by molar-refractivity contribution is 0.620. The van der Waals surface area contributed by atoms with Crippen LogP contribution in [0.1, 0.15) is 0 Å². The molecule has 166 valence electrons. The van der Waals surface area contributed by atoms with Crippen LogP contribution in [0.3, 0.4) is 0 Å². The van der Waals surface area contributed by atoms with Crippen molar-refractivity contribution in [2.24, 2.45) is 0 Å². The average molecular weight is 471 g/mol. The van der Waals surface area contributed by atoms with Gasteiger partial charge in [0.1, 0.15) is 5.52 Å². The third-order valence-electron chi connectivity index (χ3n) is 6.52. The van der Waals surface area contributed by atoms with Crippen LogP contribution in [0.5, 0.6) is 0 Å². The summed E-state index contributed by atoms with van der Waals surface area (Å²) in [6.07, 6.45) is 0. The molecule has 0 aliphatic rings. The van der Waals surface area contributed by atoms with Crippen LogP contribution in [0.25, 0.3) is 61.2 Å². The van der Waals surface area contributed by atoms with Gasteiger partial charge < -0.3 is 8.98 Å². The lowest BCUT2D eigenvalue weighted by atomic mass is 10.0. The first kappa shape index (κ1) is 20.1. The molecule has 0 bridgehead atoms. The molecule has 5 aromatic carbocycles. The van der Waals surface area contributed by atoms with E-state index in [2.05, 4.69) is 94.5 Å². The molecule has 2 heterocycles. The number of oxazole rings is 1. The normalized spacial score (nSPS) is 11.6. The summed E-state index contributed by atoms with van der Waals surface area (Å²) < 4.78 is 8.26. The van der Waals surface area contributed by atoms with Crippen LogP contribution in [0, 0.1) is 0 Å². The van der Waals surface area contributed by atoms with E-state index in [4.69, 9.17) is 16.0 Å². The molecule has 0 radical (unpaired) electrons. The molecule has 0 saturated heterocycles. The summed E-state index contributed by atoms with van der Waals surface area (Å²) in [4.78, 5) is 4.59. The molecule has 4 heteroatoms. The molecule has 7 rings (SSSR count). The smallest absolute Gasteiger partial charge is 0.227 e. The Balaban J connectivity index is 1.33. The number of rotatable bonds is 3. The lowest BCUT2D eigenvalue weighted by Gasteiger charge is -2.08. The minimum absolute atomic E-state index is 0.570. The van der Waals surface area contributed by atoms with Gasteiger partial charge in [0.25, 0.3) is 0 Å². The highest BCUT2D eigenvalue weighted by Crippen LogP contribution is 2.35. The lowest BCUT2D eigenvalue weighted by Crippen LogP contribution is -1.92. The van der Waals surface area contributed by atoms with Gasteiger partial charge >= 0.3 is 0 Å². The summed E-state index contributed by atoms with van der Waals surface area (Å²) in [5.74, 6) is 0.570. The van der Waals surface area contributed by atoms with Gasteiger partial charge in [-0.15, -0.1) is 0 Å². The first-order valence-corrected chi connectivity index (χ1v) is 11.9. The Morgan fingerprint density at radius 2 is 1.31 bits per heavy atom. The van der Waals surface area contributed by atoms with Crippen molar-refractivity contribution in [3.05, 3.63) is 120 Å². The molecule has 0 fully saturated rings. The average Bonchev–Trinajstić information content (AvgIpc) is 3.50. The van der Waals surface area contributed by atoms with Crippen molar-refractivity contribution >= 4 is 44.5 Å². The van der Waals surface area contributed by atoms with E-state index in [0.717, 1.165) is 16.8 Å². The number of nitrogens with zero attached hydrogens (tertiary/aromatic N) is 2. The number of fused-ring (bicyclic) bond motifs is 4. The highest BCUT2D eigenvalue weighted by atomic mass is 35.5. The summed E-state index contributed by atoms with van der Waals surface area (Å²) in [6.45, 7) is 0. The second-order valence-electron chi connectivity index (χ2n) is 8.60. The second-order valence-corrected chi connectivity index (χ2v) is 9.01. The fourth-order valence-corrected chi connectivity index (χ4v) is 5.06. The van der Waals surface area contributed by atoms with Crippen molar-refractivity contribution in [3.63, 3.8) is 0 Å². The molecule has 0 amide bonds. The third-order valence-corrected chi connectivity index (χ3v) is 6.83. The molecule has 35 heavy (non-hydrogen) atoms. The van der Waals surface area contributed by atoms with Gasteiger partial charge in [-0.2, -0.15) is 0 Å². The summed E-state index contributed by atoms with van der Waals surface area (Å²) in [5.41, 5.74) is 8.17. The zero-order valence-corrected chi connectivity index (χ0v) is 19.4. The molecular formula is C31H19ClN2O. The van der Waals surface area contributed by atoms with Crippen molar-refractivity contribution in [1.82, 2.24) is 9.55 Å². The predicted molar refractivity (Wildman–Crippen MR) is 144 cm³/mol. The minimum atomic E-state index is 0.570. The van der Waals surface area contributed by atoms with E-state index in [-0.39, 0.29) is 0 Å². The molecule has 0 aliphatic carbocycles. The molecule has 0 spiro atoms. The van der Waals surface area contributed by atoms with Crippen molar-refractivity contribution < 1.29 is 4.42 Å². The van der Waals surface area contributed by atoms with Crippen LogP contribution in [-0.4, -0.2) is 9.55 Å². The van der Waals surface area contributed by atoms with E-state index in [9.17, 15) is 0 Å². The maximum Gasteiger partial charge on any atom is 0.227 e. The molecule has 0 unspecified atom stereocenters. The van der Waals surface area contributed by atoms with Crippen molar-refractivity contribution in [2.45, 2.75) is 0 Å². The molecule has 2 aromatic heterocycles. The molecule has 0 N–H and O–H groups in total. The summed E-state index contributed by atoms with van der Waals surface area (Å²) in [5, 5.41) is 3.07. The quantitative estimate of drug-likeness (QED) is 0.258. The Labute approximate surface area is 206 Å². The van der Waals surface area contributed by atoms with Crippen molar-refractivity contribution in [2.75, 3.05) is 0 Å². The Bertz CT molecular complexity index is 1850. The Morgan fingerprint density at radius 3 is 2.14 bits per heavy atom. The Hall–Kier alpha value is -4.34. The van der Waals surface area contributed by atoms with Gasteiger partial charge in [-0.25, -0.2) is 4.98 Å². The van der Waals surface area contributed by atoms with Gasteiger partial charge in [0.05, 0.1) is 16.1 Å². The van der Waals surface area contributed by atoms with Crippen LogP contribution in [0.2, 0.25) is 5.02 Å². The fraction of sp³-hybridized carbons (Fsp3) is 0. The first-order chi connectivity index (χ1) is 17.3. The van der Waals surface area contributed by atoms with Crippen molar-refractivity contribution in [1.29, 1.82) is 0 Å². The number of benzene rings is 5. The largest absolute Gasteiger partial charge is 0.436 e. The highest BCUT2D eigenvalue weighted by Gasteiger charge is 2.14. The van der Waals surface area contributed by atoms with E-state index >= 15 is 0 Å².